The highest BCUT2D eigenvalue weighted by Crippen LogP contribution is 2.31. The number of aryl methyl sites for hydroxylation is 3. The van der Waals surface area contributed by atoms with Gasteiger partial charge in [0.2, 0.25) is 5.91 Å². The van der Waals surface area contributed by atoms with Crippen molar-refractivity contribution in [3.8, 4) is 0 Å². The summed E-state index contributed by atoms with van der Waals surface area (Å²) in [6.07, 6.45) is -3.33. The molecule has 0 bridgehead atoms. The largest absolute Gasteiger partial charge is 0.416 e. The van der Waals surface area contributed by atoms with Crippen LogP contribution in [-0.2, 0) is 23.8 Å². The Morgan fingerprint density at radius 2 is 1.97 bits per heavy atom. The van der Waals surface area contributed by atoms with E-state index in [4.69, 9.17) is 4.52 Å². The van der Waals surface area contributed by atoms with E-state index in [0.717, 1.165) is 23.4 Å². The molecule has 0 spiro atoms. The summed E-state index contributed by atoms with van der Waals surface area (Å²) in [6.45, 7) is 5.40. The minimum absolute atomic E-state index is 0.164. The van der Waals surface area contributed by atoms with E-state index >= 15 is 0 Å². The molecule has 1 amide bonds. The second-order valence-corrected chi connectivity index (χ2v) is 7.83. The van der Waals surface area contributed by atoms with Crippen LogP contribution in [0.5, 0.6) is 0 Å². The van der Waals surface area contributed by atoms with Gasteiger partial charge in [0.15, 0.2) is 0 Å². The van der Waals surface area contributed by atoms with Gasteiger partial charge in [0, 0.05) is 18.4 Å². The maximum Gasteiger partial charge on any atom is 0.416 e. The monoisotopic (exact) mass is 423 g/mol. The Labute approximate surface area is 169 Å². The van der Waals surface area contributed by atoms with Gasteiger partial charge in [-0.3, -0.25) is 4.79 Å². The Morgan fingerprint density at radius 1 is 1.21 bits per heavy atom. The number of carbonyl (C=O) groups is 1. The van der Waals surface area contributed by atoms with Crippen molar-refractivity contribution in [1.82, 2.24) is 10.1 Å². The summed E-state index contributed by atoms with van der Waals surface area (Å²) < 4.78 is 43.7. The number of hydrogen-bond donors (Lipinski definition) is 1. The highest BCUT2D eigenvalue weighted by molar-refractivity contribution is 7.16. The third kappa shape index (κ3) is 5.23. The summed E-state index contributed by atoms with van der Waals surface area (Å²) in [5.41, 5.74) is 2.17. The molecule has 9 heteroatoms. The van der Waals surface area contributed by atoms with Crippen molar-refractivity contribution in [2.24, 2.45) is 0 Å². The number of carbonyl (C=O) groups excluding carboxylic acids is 1. The smallest absolute Gasteiger partial charge is 0.361 e. The van der Waals surface area contributed by atoms with E-state index in [9.17, 15) is 18.0 Å². The Morgan fingerprint density at radius 3 is 2.62 bits per heavy atom. The summed E-state index contributed by atoms with van der Waals surface area (Å²) >= 11 is 1.27. The summed E-state index contributed by atoms with van der Waals surface area (Å²) in [7, 11) is 0. The Balaban J connectivity index is 1.64. The van der Waals surface area contributed by atoms with Crippen molar-refractivity contribution in [3.63, 3.8) is 0 Å². The lowest BCUT2D eigenvalue weighted by Gasteiger charge is -2.07. The second kappa shape index (κ2) is 8.36. The van der Waals surface area contributed by atoms with Crippen LogP contribution in [0.2, 0.25) is 0 Å². The summed E-state index contributed by atoms with van der Waals surface area (Å²) in [6, 6.07) is 5.18. The molecule has 1 N–H and O–H groups in total. The van der Waals surface area contributed by atoms with Crippen LogP contribution in [0.1, 0.15) is 45.3 Å². The molecule has 0 aliphatic rings. The first-order valence-electron chi connectivity index (χ1n) is 8.97. The Bertz CT molecular complexity index is 1000. The lowest BCUT2D eigenvalue weighted by atomic mass is 10.1. The molecule has 29 heavy (non-hydrogen) atoms. The van der Waals surface area contributed by atoms with Crippen molar-refractivity contribution in [3.05, 3.63) is 63.1 Å². The Kier molecular flexibility index (Phi) is 6.07. The van der Waals surface area contributed by atoms with Gasteiger partial charge in [-0.15, -0.1) is 11.3 Å². The predicted octanol–water partition coefficient (Wildman–Crippen LogP) is 5.24. The van der Waals surface area contributed by atoms with Gasteiger partial charge in [-0.2, -0.15) is 13.2 Å². The van der Waals surface area contributed by atoms with Gasteiger partial charge < -0.3 is 9.84 Å². The maximum absolute atomic E-state index is 12.9. The number of anilines is 1. The predicted molar refractivity (Wildman–Crippen MR) is 104 cm³/mol. The maximum atomic E-state index is 12.9. The number of nitrogens with one attached hydrogen (secondary N) is 1. The van der Waals surface area contributed by atoms with Crippen molar-refractivity contribution >= 4 is 22.2 Å². The van der Waals surface area contributed by atoms with Crippen LogP contribution in [0.4, 0.5) is 18.2 Å². The zero-order chi connectivity index (χ0) is 21.2. The third-order valence-corrected chi connectivity index (χ3v) is 5.56. The first-order chi connectivity index (χ1) is 13.6. The van der Waals surface area contributed by atoms with Crippen molar-refractivity contribution in [1.29, 1.82) is 0 Å². The van der Waals surface area contributed by atoms with Crippen LogP contribution in [0, 0.1) is 20.8 Å². The molecule has 154 valence electrons. The number of aromatic nitrogens is 2. The van der Waals surface area contributed by atoms with Gasteiger partial charge in [0.05, 0.1) is 22.0 Å². The number of rotatable bonds is 6. The number of hydrogen-bond acceptors (Lipinski definition) is 5. The average molecular weight is 423 g/mol. The van der Waals surface area contributed by atoms with E-state index in [0.29, 0.717) is 33.4 Å². The van der Waals surface area contributed by atoms with Crippen molar-refractivity contribution in [2.45, 2.75) is 46.2 Å². The molecule has 3 rings (SSSR count). The van der Waals surface area contributed by atoms with Crippen molar-refractivity contribution < 1.29 is 22.5 Å². The zero-order valence-electron chi connectivity index (χ0n) is 16.2. The lowest BCUT2D eigenvalue weighted by molar-refractivity contribution is -0.137. The molecule has 2 aromatic heterocycles. The fraction of sp³-hybridized carbons (Fsp3) is 0.350. The molecule has 0 radical (unpaired) electrons. The topological polar surface area (TPSA) is 68.0 Å². The van der Waals surface area contributed by atoms with Gasteiger partial charge in [-0.1, -0.05) is 23.4 Å². The summed E-state index contributed by atoms with van der Waals surface area (Å²) in [4.78, 5) is 16.7. The molecule has 0 atom stereocenters. The molecule has 3 aromatic rings. The van der Waals surface area contributed by atoms with Crippen LogP contribution in [-0.4, -0.2) is 16.0 Å². The van der Waals surface area contributed by atoms with Crippen LogP contribution >= 0.6 is 11.3 Å². The first-order valence-corrected chi connectivity index (χ1v) is 9.79. The van der Waals surface area contributed by atoms with Gasteiger partial charge >= 0.3 is 6.18 Å². The zero-order valence-corrected chi connectivity index (χ0v) is 17.0. The van der Waals surface area contributed by atoms with E-state index in [1.807, 2.05) is 6.92 Å². The van der Waals surface area contributed by atoms with E-state index in [1.54, 1.807) is 19.9 Å². The van der Waals surface area contributed by atoms with Gasteiger partial charge in [-0.05, 0) is 38.8 Å². The van der Waals surface area contributed by atoms with Crippen LogP contribution in [0.3, 0.4) is 0 Å². The molecule has 2 heterocycles. The quantitative estimate of drug-likeness (QED) is 0.589. The molecule has 0 saturated carbocycles. The van der Waals surface area contributed by atoms with Crippen molar-refractivity contribution in [2.75, 3.05) is 5.32 Å². The highest BCUT2D eigenvalue weighted by Gasteiger charge is 2.30. The number of nitrogens with zero attached hydrogens (tertiary/aromatic N) is 2. The summed E-state index contributed by atoms with van der Waals surface area (Å²) in [5.74, 6) is 0.537. The number of amides is 1. The Hall–Kier alpha value is -2.68. The lowest BCUT2D eigenvalue weighted by Crippen LogP contribution is -2.12. The molecule has 0 fully saturated rings. The fourth-order valence-electron chi connectivity index (χ4n) is 2.96. The van der Waals surface area contributed by atoms with Gasteiger partial charge in [-0.25, -0.2) is 4.98 Å². The van der Waals surface area contributed by atoms with Gasteiger partial charge in [0.1, 0.15) is 10.8 Å². The number of alkyl halides is 3. The molecular weight excluding hydrogens is 403 g/mol. The molecular formula is C20H20F3N3O2S. The molecule has 0 aliphatic heterocycles. The molecule has 0 aliphatic carbocycles. The molecule has 0 saturated heterocycles. The number of thiazole rings is 1. The minimum atomic E-state index is -4.38. The normalized spacial score (nSPS) is 11.7. The minimum Gasteiger partial charge on any atom is -0.361 e. The van der Waals surface area contributed by atoms with E-state index in [2.05, 4.69) is 15.5 Å². The third-order valence-electron chi connectivity index (χ3n) is 4.49. The van der Waals surface area contributed by atoms with E-state index < -0.39 is 11.7 Å². The molecule has 5 nitrogen and oxygen atoms in total. The second-order valence-electron chi connectivity index (χ2n) is 6.75. The number of halogens is 3. The summed E-state index contributed by atoms with van der Waals surface area (Å²) in [5, 5.41) is 7.96. The standard InChI is InChI=1S/C20H20F3N3O2S/c1-11-16(13(3)28-26-11)7-8-17(27)25-19-12(2)24-18(29-19)10-14-5-4-6-15(9-14)20(21,22)23/h4-6,9H,7-8,10H2,1-3H3,(H,25,27). The fourth-order valence-corrected chi connectivity index (χ4v) is 3.98. The molecule has 0 unspecified atom stereocenters. The van der Waals surface area contributed by atoms with Crippen LogP contribution in [0.25, 0.3) is 0 Å². The van der Waals surface area contributed by atoms with Crippen LogP contribution in [0.15, 0.2) is 28.8 Å². The van der Waals surface area contributed by atoms with Crippen LogP contribution < -0.4 is 5.32 Å². The SMILES string of the molecule is Cc1nc(Cc2cccc(C(F)(F)F)c2)sc1NC(=O)CCc1c(C)noc1C. The first kappa shape index (κ1) is 21.0. The van der Waals surface area contributed by atoms with E-state index in [-0.39, 0.29) is 18.7 Å². The molecule has 1 aromatic carbocycles. The van der Waals surface area contributed by atoms with E-state index in [1.165, 1.54) is 17.4 Å². The van der Waals surface area contributed by atoms with Gasteiger partial charge in [0.25, 0.3) is 0 Å². The number of benzene rings is 1. The highest BCUT2D eigenvalue weighted by atomic mass is 32.1. The average Bonchev–Trinajstić information content (AvgIpc) is 3.14.